The molecule has 1 aliphatic heterocycles. The first-order valence-corrected chi connectivity index (χ1v) is 10.8. The second-order valence-electron chi connectivity index (χ2n) is 8.90. The van der Waals surface area contributed by atoms with Gasteiger partial charge in [0.25, 0.3) is 0 Å². The Morgan fingerprint density at radius 3 is 2.79 bits per heavy atom. The maximum absolute atomic E-state index is 6.80. The minimum atomic E-state index is 0.157. The number of hydrogen-bond donors (Lipinski definition) is 1. The molecule has 0 radical (unpaired) electrons. The first-order valence-electron chi connectivity index (χ1n) is 10.8. The molecule has 28 heavy (non-hydrogen) atoms. The summed E-state index contributed by atoms with van der Waals surface area (Å²) in [6, 6.07) is 6.79. The molecule has 1 fully saturated rings. The molecule has 2 N–H and O–H groups in total. The van der Waals surface area contributed by atoms with Gasteiger partial charge in [0.05, 0.1) is 17.7 Å². The van der Waals surface area contributed by atoms with E-state index in [1.807, 2.05) is 0 Å². The summed E-state index contributed by atoms with van der Waals surface area (Å²) in [6.07, 6.45) is 6.10. The van der Waals surface area contributed by atoms with Crippen LogP contribution in [0.4, 0.5) is 0 Å². The van der Waals surface area contributed by atoms with E-state index in [0.29, 0.717) is 12.0 Å². The van der Waals surface area contributed by atoms with E-state index >= 15 is 0 Å². The van der Waals surface area contributed by atoms with Crippen LogP contribution in [0.3, 0.4) is 0 Å². The fourth-order valence-corrected chi connectivity index (χ4v) is 4.83. The number of nitrogens with zero attached hydrogens (tertiary/aromatic N) is 3. The van der Waals surface area contributed by atoms with Gasteiger partial charge in [-0.25, -0.2) is 0 Å². The van der Waals surface area contributed by atoms with E-state index in [2.05, 4.69) is 55.6 Å². The Kier molecular flexibility index (Phi) is 5.37. The Hall–Kier alpha value is -2.01. The molecule has 4 rings (SSSR count). The van der Waals surface area contributed by atoms with E-state index < -0.39 is 0 Å². The van der Waals surface area contributed by atoms with Gasteiger partial charge in [0, 0.05) is 28.8 Å². The highest BCUT2D eigenvalue weighted by atomic mass is 16.5. The zero-order valence-corrected chi connectivity index (χ0v) is 17.7. The molecule has 2 heterocycles. The molecule has 152 valence electrons. The summed E-state index contributed by atoms with van der Waals surface area (Å²) in [4.78, 5) is 7.49. The van der Waals surface area contributed by atoms with Crippen LogP contribution >= 0.6 is 0 Å². The maximum atomic E-state index is 6.80. The van der Waals surface area contributed by atoms with Crippen LogP contribution in [0, 0.1) is 5.92 Å². The normalized spacial score (nSPS) is 21.7. The Morgan fingerprint density at radius 2 is 2.04 bits per heavy atom. The molecular weight excluding hydrogens is 348 g/mol. The van der Waals surface area contributed by atoms with Gasteiger partial charge >= 0.3 is 0 Å². The fraction of sp³-hybridized carbons (Fsp3) is 0.609. The lowest BCUT2D eigenvalue weighted by Crippen LogP contribution is -2.45. The van der Waals surface area contributed by atoms with Crippen LogP contribution in [0.1, 0.15) is 46.0 Å². The predicted molar refractivity (Wildman–Crippen MR) is 115 cm³/mol. The van der Waals surface area contributed by atoms with Crippen molar-refractivity contribution >= 4 is 16.6 Å². The number of hydrogen-bond acceptors (Lipinski definition) is 4. The molecule has 2 aliphatic rings. The van der Waals surface area contributed by atoms with Gasteiger partial charge in [-0.1, -0.05) is 12.8 Å². The standard InChI is InChI=1S/C23H34N4O/c1-15(2)28-16-10-11-20-18(14-16)21-22(24)17-8-5-6-9-19(17)25-23(21)27(20)13-7-12-26(3)4/h10-11,14-15,17,19H,5-9,12-13,24H2,1-4H3. The molecule has 1 aromatic heterocycles. The van der Waals surface area contributed by atoms with Crippen molar-refractivity contribution in [2.75, 3.05) is 20.6 Å². The quantitative estimate of drug-likeness (QED) is 0.836. The summed E-state index contributed by atoms with van der Waals surface area (Å²) in [6.45, 7) is 6.15. The summed E-state index contributed by atoms with van der Waals surface area (Å²) < 4.78 is 8.37. The molecule has 0 amide bonds. The van der Waals surface area contributed by atoms with Crippen LogP contribution < -0.4 is 21.2 Å². The molecule has 1 aromatic carbocycles. The number of aryl methyl sites for hydroxylation is 1. The molecule has 1 saturated carbocycles. The minimum Gasteiger partial charge on any atom is -0.491 e. The maximum Gasteiger partial charge on any atom is 0.138 e. The molecule has 0 bridgehead atoms. The van der Waals surface area contributed by atoms with E-state index in [1.165, 1.54) is 23.7 Å². The number of benzene rings is 1. The molecule has 5 heteroatoms. The SMILES string of the molecule is CC(C)Oc1ccc2c(c1)c1c(n2CCCN(C)C)=NC2CCCCC2C=1N. The molecule has 5 nitrogen and oxygen atoms in total. The molecule has 0 spiro atoms. The summed E-state index contributed by atoms with van der Waals surface area (Å²) in [5.74, 6) is 1.31. The van der Waals surface area contributed by atoms with Gasteiger partial charge in [-0.3, -0.25) is 4.99 Å². The zero-order chi connectivity index (χ0) is 19.8. The van der Waals surface area contributed by atoms with Crippen LogP contribution in [0.25, 0.3) is 16.6 Å². The van der Waals surface area contributed by atoms with Crippen molar-refractivity contribution in [3.8, 4) is 5.75 Å². The van der Waals surface area contributed by atoms with Gasteiger partial charge in [-0.15, -0.1) is 0 Å². The summed E-state index contributed by atoms with van der Waals surface area (Å²) >= 11 is 0. The van der Waals surface area contributed by atoms with Crippen LogP contribution in [0.5, 0.6) is 5.75 Å². The van der Waals surface area contributed by atoms with Crippen LogP contribution in [0.2, 0.25) is 0 Å². The van der Waals surface area contributed by atoms with Gasteiger partial charge < -0.3 is 19.9 Å². The van der Waals surface area contributed by atoms with E-state index in [4.69, 9.17) is 15.5 Å². The Balaban J connectivity index is 1.89. The molecular formula is C23H34N4O. The van der Waals surface area contributed by atoms with Crippen molar-refractivity contribution < 1.29 is 4.74 Å². The highest BCUT2D eigenvalue weighted by Gasteiger charge is 2.31. The molecule has 2 aromatic rings. The predicted octanol–water partition coefficient (Wildman–Crippen LogP) is 2.64. The minimum absolute atomic E-state index is 0.157. The molecule has 1 aliphatic carbocycles. The summed E-state index contributed by atoms with van der Waals surface area (Å²) in [5, 5.41) is 2.36. The van der Waals surface area contributed by atoms with Crippen molar-refractivity contribution in [2.24, 2.45) is 16.6 Å². The molecule has 2 unspecified atom stereocenters. The van der Waals surface area contributed by atoms with E-state index in [9.17, 15) is 0 Å². The second-order valence-corrected chi connectivity index (χ2v) is 8.90. The van der Waals surface area contributed by atoms with E-state index in [1.54, 1.807) is 0 Å². The first kappa shape index (κ1) is 19.3. The summed E-state index contributed by atoms with van der Waals surface area (Å²) in [5.41, 5.74) is 10.2. The zero-order valence-electron chi connectivity index (χ0n) is 17.7. The lowest BCUT2D eigenvalue weighted by molar-refractivity contribution is 0.243. The van der Waals surface area contributed by atoms with Gasteiger partial charge in [0.2, 0.25) is 0 Å². The van der Waals surface area contributed by atoms with Crippen LogP contribution in [-0.2, 0) is 6.54 Å². The van der Waals surface area contributed by atoms with Crippen molar-refractivity contribution in [3.05, 3.63) is 28.9 Å². The van der Waals surface area contributed by atoms with Crippen molar-refractivity contribution in [3.63, 3.8) is 0 Å². The van der Waals surface area contributed by atoms with Crippen molar-refractivity contribution in [1.82, 2.24) is 9.47 Å². The van der Waals surface area contributed by atoms with Gasteiger partial charge in [-0.05, 0) is 71.9 Å². The third-order valence-electron chi connectivity index (χ3n) is 6.07. The van der Waals surface area contributed by atoms with Gasteiger partial charge in [0.1, 0.15) is 11.2 Å². The number of fused-ring (bicyclic) bond motifs is 4. The van der Waals surface area contributed by atoms with E-state index in [-0.39, 0.29) is 6.10 Å². The molecule has 0 saturated heterocycles. The largest absolute Gasteiger partial charge is 0.491 e. The Labute approximate surface area is 167 Å². The van der Waals surface area contributed by atoms with Gasteiger partial charge in [0.15, 0.2) is 0 Å². The third-order valence-corrected chi connectivity index (χ3v) is 6.07. The van der Waals surface area contributed by atoms with Crippen molar-refractivity contribution in [2.45, 2.75) is 64.6 Å². The highest BCUT2D eigenvalue weighted by Crippen LogP contribution is 2.32. The highest BCUT2D eigenvalue weighted by molar-refractivity contribution is 5.84. The average molecular weight is 383 g/mol. The number of ether oxygens (including phenoxy) is 1. The molecule has 2 atom stereocenters. The van der Waals surface area contributed by atoms with Crippen LogP contribution in [-0.4, -0.2) is 42.3 Å². The average Bonchev–Trinajstić information content (AvgIpc) is 2.94. The van der Waals surface area contributed by atoms with Gasteiger partial charge in [-0.2, -0.15) is 0 Å². The van der Waals surface area contributed by atoms with E-state index in [0.717, 1.165) is 54.5 Å². The number of aromatic nitrogens is 1. The summed E-state index contributed by atoms with van der Waals surface area (Å²) in [7, 11) is 4.25. The second kappa shape index (κ2) is 7.78. The topological polar surface area (TPSA) is 55.8 Å². The van der Waals surface area contributed by atoms with Crippen LogP contribution in [0.15, 0.2) is 23.2 Å². The smallest absolute Gasteiger partial charge is 0.138 e. The monoisotopic (exact) mass is 382 g/mol. The fourth-order valence-electron chi connectivity index (χ4n) is 4.83. The van der Waals surface area contributed by atoms with Crippen molar-refractivity contribution in [1.29, 1.82) is 0 Å². The number of rotatable bonds is 6. The lowest BCUT2D eigenvalue weighted by Gasteiger charge is -2.31. The third kappa shape index (κ3) is 3.52. The lowest BCUT2D eigenvalue weighted by atomic mass is 9.81. The first-order chi connectivity index (χ1) is 13.5. The number of nitrogens with two attached hydrogens (primary N) is 1. The Morgan fingerprint density at radius 1 is 1.25 bits per heavy atom. The Bertz CT molecular complexity index is 973.